The van der Waals surface area contributed by atoms with Crippen LogP contribution in [0.5, 0.6) is 5.75 Å². The van der Waals surface area contributed by atoms with Crippen molar-refractivity contribution in [3.8, 4) is 5.75 Å². The van der Waals surface area contributed by atoms with Gasteiger partial charge in [0.1, 0.15) is 11.3 Å². The molecule has 0 spiro atoms. The van der Waals surface area contributed by atoms with Crippen molar-refractivity contribution in [2.24, 2.45) is 5.73 Å². The number of esters is 1. The lowest BCUT2D eigenvalue weighted by atomic mass is 9.88. The van der Waals surface area contributed by atoms with E-state index in [-0.39, 0.29) is 30.8 Å². The van der Waals surface area contributed by atoms with Crippen molar-refractivity contribution in [3.05, 3.63) is 29.8 Å². The summed E-state index contributed by atoms with van der Waals surface area (Å²) in [6, 6.07) is 7.98. The summed E-state index contributed by atoms with van der Waals surface area (Å²) in [6.45, 7) is 2.37. The molecule has 0 aromatic heterocycles. The van der Waals surface area contributed by atoms with Crippen molar-refractivity contribution in [3.63, 3.8) is 0 Å². The Morgan fingerprint density at radius 1 is 1.23 bits per heavy atom. The molecule has 0 radical (unpaired) electrons. The van der Waals surface area contributed by atoms with Crippen LogP contribution in [-0.2, 0) is 16.1 Å². The summed E-state index contributed by atoms with van der Waals surface area (Å²) in [5.41, 5.74) is 6.42. The smallest absolute Gasteiger partial charge is 0.325 e. The molecule has 0 aliphatic carbocycles. The van der Waals surface area contributed by atoms with Gasteiger partial charge in [0.25, 0.3) is 0 Å². The number of carbonyl (C=O) groups is 1. The highest BCUT2D eigenvalue weighted by atomic mass is 35.5. The van der Waals surface area contributed by atoms with Gasteiger partial charge in [0.15, 0.2) is 0 Å². The maximum atomic E-state index is 11.7. The second-order valence-corrected chi connectivity index (χ2v) is 5.24. The molecule has 0 saturated carbocycles. The van der Waals surface area contributed by atoms with Crippen LogP contribution in [0.25, 0.3) is 0 Å². The van der Waals surface area contributed by atoms with Crippen LogP contribution in [-0.4, -0.2) is 43.7 Å². The van der Waals surface area contributed by atoms with E-state index in [1.165, 1.54) is 7.11 Å². The molecular formula is C15H24Cl2N2O3. The van der Waals surface area contributed by atoms with Crippen molar-refractivity contribution < 1.29 is 14.3 Å². The maximum Gasteiger partial charge on any atom is 0.325 e. The molecular weight excluding hydrogens is 327 g/mol. The molecule has 2 N–H and O–H groups in total. The number of para-hydroxylation sites is 1. The Morgan fingerprint density at radius 3 is 2.36 bits per heavy atom. The molecule has 2 rings (SSSR count). The number of methoxy groups -OCH3 is 2. The number of hydrogen-bond donors (Lipinski definition) is 1. The van der Waals surface area contributed by atoms with Crippen LogP contribution < -0.4 is 10.5 Å². The van der Waals surface area contributed by atoms with Crippen LogP contribution in [0, 0.1) is 0 Å². The normalized spacial score (nSPS) is 16.9. The fourth-order valence-corrected chi connectivity index (χ4v) is 2.59. The highest BCUT2D eigenvalue weighted by molar-refractivity contribution is 5.85. The van der Waals surface area contributed by atoms with E-state index in [1.54, 1.807) is 7.11 Å². The number of ether oxygens (including phenoxy) is 2. The van der Waals surface area contributed by atoms with E-state index in [4.69, 9.17) is 15.2 Å². The zero-order valence-electron chi connectivity index (χ0n) is 12.9. The molecule has 126 valence electrons. The molecule has 0 unspecified atom stereocenters. The van der Waals surface area contributed by atoms with Crippen LogP contribution >= 0.6 is 24.8 Å². The van der Waals surface area contributed by atoms with E-state index in [2.05, 4.69) is 11.0 Å². The Kier molecular flexibility index (Phi) is 8.78. The van der Waals surface area contributed by atoms with Crippen LogP contribution in [0.1, 0.15) is 18.4 Å². The predicted octanol–water partition coefficient (Wildman–Crippen LogP) is 2.01. The van der Waals surface area contributed by atoms with Crippen LogP contribution in [0.15, 0.2) is 24.3 Å². The topological polar surface area (TPSA) is 64.8 Å². The quantitative estimate of drug-likeness (QED) is 0.841. The number of hydrogen-bond acceptors (Lipinski definition) is 5. The third-order valence-electron chi connectivity index (χ3n) is 3.93. The summed E-state index contributed by atoms with van der Waals surface area (Å²) in [5, 5.41) is 0. The molecule has 22 heavy (non-hydrogen) atoms. The van der Waals surface area contributed by atoms with Crippen molar-refractivity contribution in [1.82, 2.24) is 4.90 Å². The van der Waals surface area contributed by atoms with Gasteiger partial charge in [0.2, 0.25) is 0 Å². The molecule has 1 heterocycles. The Labute approximate surface area is 144 Å². The minimum absolute atomic E-state index is 0. The number of rotatable bonds is 4. The van der Waals surface area contributed by atoms with Crippen LogP contribution in [0.2, 0.25) is 0 Å². The van der Waals surface area contributed by atoms with Crippen molar-refractivity contribution in [2.75, 3.05) is 27.3 Å². The molecule has 1 aromatic rings. The van der Waals surface area contributed by atoms with Gasteiger partial charge in [-0.05, 0) is 18.9 Å². The number of nitrogens with two attached hydrogens (primary N) is 1. The SMILES string of the molecule is COC(=O)C1(N)CCN(Cc2ccccc2OC)CC1.Cl.Cl. The third kappa shape index (κ3) is 4.74. The summed E-state index contributed by atoms with van der Waals surface area (Å²) in [6.07, 6.45) is 1.24. The first-order valence-electron chi connectivity index (χ1n) is 6.80. The van der Waals surface area contributed by atoms with Gasteiger partial charge in [-0.2, -0.15) is 0 Å². The molecule has 1 aliphatic rings. The molecule has 1 aromatic carbocycles. The van der Waals surface area contributed by atoms with Crippen LogP contribution in [0.3, 0.4) is 0 Å². The molecule has 5 nitrogen and oxygen atoms in total. The molecule has 1 saturated heterocycles. The minimum Gasteiger partial charge on any atom is -0.496 e. The molecule has 1 fully saturated rings. The zero-order chi connectivity index (χ0) is 14.6. The third-order valence-corrected chi connectivity index (χ3v) is 3.93. The second kappa shape index (κ2) is 9.20. The predicted molar refractivity (Wildman–Crippen MR) is 90.9 cm³/mol. The van der Waals surface area contributed by atoms with Gasteiger partial charge in [0, 0.05) is 25.2 Å². The fourth-order valence-electron chi connectivity index (χ4n) is 2.59. The number of piperidine rings is 1. The van der Waals surface area contributed by atoms with Gasteiger partial charge in [-0.25, -0.2) is 0 Å². The summed E-state index contributed by atoms with van der Waals surface area (Å²) < 4.78 is 10.1. The first-order chi connectivity index (χ1) is 9.59. The van der Waals surface area contributed by atoms with E-state index < -0.39 is 5.54 Å². The average molecular weight is 351 g/mol. The first kappa shape index (κ1) is 21.0. The average Bonchev–Trinajstić information content (AvgIpc) is 2.49. The van der Waals surface area contributed by atoms with E-state index >= 15 is 0 Å². The highest BCUT2D eigenvalue weighted by Crippen LogP contribution is 2.25. The van der Waals surface area contributed by atoms with E-state index in [9.17, 15) is 4.79 Å². The van der Waals surface area contributed by atoms with Gasteiger partial charge >= 0.3 is 5.97 Å². The number of benzene rings is 1. The van der Waals surface area contributed by atoms with Gasteiger partial charge < -0.3 is 15.2 Å². The zero-order valence-corrected chi connectivity index (χ0v) is 14.5. The van der Waals surface area contributed by atoms with E-state index in [0.29, 0.717) is 12.8 Å². The fraction of sp³-hybridized carbons (Fsp3) is 0.533. The summed E-state index contributed by atoms with van der Waals surface area (Å²) >= 11 is 0. The van der Waals surface area contributed by atoms with Gasteiger partial charge in [-0.15, -0.1) is 24.8 Å². The highest BCUT2D eigenvalue weighted by Gasteiger charge is 2.38. The Morgan fingerprint density at radius 2 is 1.82 bits per heavy atom. The largest absolute Gasteiger partial charge is 0.496 e. The summed E-state index contributed by atoms with van der Waals surface area (Å²) in [5.74, 6) is 0.583. The Hall–Kier alpha value is -1.01. The molecule has 1 aliphatic heterocycles. The number of nitrogens with zero attached hydrogens (tertiary/aromatic N) is 1. The lowest BCUT2D eigenvalue weighted by Gasteiger charge is -2.37. The molecule has 0 atom stereocenters. The molecule has 0 bridgehead atoms. The summed E-state index contributed by atoms with van der Waals surface area (Å²) in [7, 11) is 3.06. The van der Waals surface area contributed by atoms with E-state index in [1.807, 2.05) is 18.2 Å². The van der Waals surface area contributed by atoms with Crippen molar-refractivity contribution >= 4 is 30.8 Å². The standard InChI is InChI=1S/C15H22N2O3.2ClH/c1-19-13-6-4-3-5-12(13)11-17-9-7-15(16,8-10-17)14(18)20-2;;/h3-6H,7-11,16H2,1-2H3;2*1H. The van der Waals surface area contributed by atoms with E-state index in [0.717, 1.165) is 30.9 Å². The lowest BCUT2D eigenvalue weighted by molar-refractivity contribution is -0.149. The van der Waals surface area contributed by atoms with Gasteiger partial charge in [-0.3, -0.25) is 9.69 Å². The number of carbonyl (C=O) groups excluding carboxylic acids is 1. The molecule has 0 amide bonds. The van der Waals surface area contributed by atoms with Gasteiger partial charge in [0.05, 0.1) is 14.2 Å². The second-order valence-electron chi connectivity index (χ2n) is 5.24. The van der Waals surface area contributed by atoms with Crippen molar-refractivity contribution in [1.29, 1.82) is 0 Å². The Balaban J connectivity index is 0.00000220. The lowest BCUT2D eigenvalue weighted by Crippen LogP contribution is -2.55. The number of halogens is 2. The Bertz CT molecular complexity index is 478. The van der Waals surface area contributed by atoms with Crippen LogP contribution in [0.4, 0.5) is 0 Å². The summed E-state index contributed by atoms with van der Waals surface area (Å²) in [4.78, 5) is 14.0. The molecule has 7 heteroatoms. The van der Waals surface area contributed by atoms with Crippen molar-refractivity contribution in [2.45, 2.75) is 24.9 Å². The first-order valence-corrected chi connectivity index (χ1v) is 6.80. The van der Waals surface area contributed by atoms with Gasteiger partial charge in [-0.1, -0.05) is 18.2 Å². The monoisotopic (exact) mass is 350 g/mol. The maximum absolute atomic E-state index is 11.7. The number of likely N-dealkylation sites (tertiary alicyclic amines) is 1. The minimum atomic E-state index is -0.827.